The van der Waals surface area contributed by atoms with Crippen LogP contribution in [0.4, 0.5) is 5.69 Å². The van der Waals surface area contributed by atoms with Gasteiger partial charge in [0.1, 0.15) is 11.4 Å². The maximum atomic E-state index is 12.3. The van der Waals surface area contributed by atoms with Gasteiger partial charge in [-0.1, -0.05) is 39.7 Å². The van der Waals surface area contributed by atoms with E-state index in [9.17, 15) is 22.8 Å². The van der Waals surface area contributed by atoms with E-state index in [0.717, 1.165) is 12.8 Å². The number of rotatable bonds is 9. The zero-order valence-corrected chi connectivity index (χ0v) is 19.7. The Morgan fingerprint density at radius 2 is 1.84 bits per heavy atom. The van der Waals surface area contributed by atoms with Crippen LogP contribution in [0.2, 0.25) is 5.02 Å². The van der Waals surface area contributed by atoms with Gasteiger partial charge in [-0.3, -0.25) is 14.4 Å². The molecule has 0 heterocycles. The minimum atomic E-state index is -4.06. The molecule has 2 aromatic carbocycles. The highest BCUT2D eigenvalue weighted by Gasteiger charge is 2.25. The van der Waals surface area contributed by atoms with Crippen LogP contribution in [0.1, 0.15) is 23.2 Å². The molecule has 2 aromatic rings. The Labute approximate surface area is 198 Å². The summed E-state index contributed by atoms with van der Waals surface area (Å²) in [7, 11) is -4.06. The summed E-state index contributed by atoms with van der Waals surface area (Å²) < 4.78 is 32.1. The number of hydrogen-bond donors (Lipinski definition) is 3. The van der Waals surface area contributed by atoms with Gasteiger partial charge in [0, 0.05) is 10.5 Å². The molecular weight excluding hydrogens is 526 g/mol. The second-order valence-corrected chi connectivity index (χ2v) is 9.96. The van der Waals surface area contributed by atoms with Crippen molar-refractivity contribution in [1.29, 1.82) is 0 Å². The molecule has 0 bridgehead atoms. The van der Waals surface area contributed by atoms with Gasteiger partial charge in [0.15, 0.2) is 6.61 Å². The third-order valence-corrected chi connectivity index (χ3v) is 6.69. The second kappa shape index (κ2) is 10.4. The number of anilines is 1. The van der Waals surface area contributed by atoms with Gasteiger partial charge in [0.05, 0.1) is 16.3 Å². The number of sulfonamides is 1. The quantitative estimate of drug-likeness (QED) is 0.416. The monoisotopic (exact) mass is 543 g/mol. The summed E-state index contributed by atoms with van der Waals surface area (Å²) in [6.07, 6.45) is 1.85. The first-order valence-electron chi connectivity index (χ1n) is 9.46. The highest BCUT2D eigenvalue weighted by molar-refractivity contribution is 9.10. The SMILES string of the molecule is O=C(COC(=O)CNS(=O)(=O)c1ccc(Br)cc1Cl)Nc1ccccc1C(=O)NC1CC1. The molecule has 0 aliphatic heterocycles. The molecule has 1 fully saturated rings. The van der Waals surface area contributed by atoms with Crippen LogP contribution in [-0.2, 0) is 24.3 Å². The summed E-state index contributed by atoms with van der Waals surface area (Å²) in [4.78, 5) is 36.1. The zero-order chi connectivity index (χ0) is 23.3. The lowest BCUT2D eigenvalue weighted by atomic mass is 10.1. The van der Waals surface area contributed by atoms with Crippen LogP contribution >= 0.6 is 27.5 Å². The molecule has 1 aliphatic rings. The molecule has 1 aliphatic carbocycles. The maximum Gasteiger partial charge on any atom is 0.321 e. The van der Waals surface area contributed by atoms with Crippen LogP contribution in [0.25, 0.3) is 0 Å². The maximum absolute atomic E-state index is 12.3. The number of hydrogen-bond acceptors (Lipinski definition) is 6. The third-order valence-electron chi connectivity index (χ3n) is 4.31. The van der Waals surface area contributed by atoms with E-state index in [2.05, 4.69) is 31.3 Å². The zero-order valence-electron chi connectivity index (χ0n) is 16.6. The number of ether oxygens (including phenoxy) is 1. The first kappa shape index (κ1) is 24.2. The number of amides is 2. The Hall–Kier alpha value is -2.47. The number of esters is 1. The molecular formula is C20H19BrClN3O6S. The topological polar surface area (TPSA) is 131 Å². The van der Waals surface area contributed by atoms with E-state index in [-0.39, 0.29) is 27.6 Å². The number of benzene rings is 2. The third kappa shape index (κ3) is 6.76. The molecule has 0 unspecified atom stereocenters. The summed E-state index contributed by atoms with van der Waals surface area (Å²) in [6.45, 7) is -1.35. The predicted octanol–water partition coefficient (Wildman–Crippen LogP) is 2.45. The number of carbonyl (C=O) groups excluding carboxylic acids is 3. The molecule has 2 amide bonds. The van der Waals surface area contributed by atoms with Gasteiger partial charge in [-0.2, -0.15) is 4.72 Å². The lowest BCUT2D eigenvalue weighted by Crippen LogP contribution is -2.32. The van der Waals surface area contributed by atoms with Crippen molar-refractivity contribution in [3.8, 4) is 0 Å². The van der Waals surface area contributed by atoms with Gasteiger partial charge in [0.25, 0.3) is 11.8 Å². The predicted molar refractivity (Wildman–Crippen MR) is 121 cm³/mol. The van der Waals surface area contributed by atoms with Crippen molar-refractivity contribution < 1.29 is 27.5 Å². The van der Waals surface area contributed by atoms with Gasteiger partial charge in [-0.15, -0.1) is 0 Å². The largest absolute Gasteiger partial charge is 0.455 e. The summed E-state index contributed by atoms with van der Waals surface area (Å²) >= 11 is 9.10. The second-order valence-electron chi connectivity index (χ2n) is 6.90. The minimum absolute atomic E-state index is 0.0241. The minimum Gasteiger partial charge on any atom is -0.455 e. The van der Waals surface area contributed by atoms with Crippen molar-refractivity contribution in [1.82, 2.24) is 10.0 Å². The average molecular weight is 545 g/mol. The van der Waals surface area contributed by atoms with E-state index in [0.29, 0.717) is 10.0 Å². The van der Waals surface area contributed by atoms with E-state index in [4.69, 9.17) is 16.3 Å². The molecule has 9 nitrogen and oxygen atoms in total. The van der Waals surface area contributed by atoms with E-state index < -0.39 is 35.1 Å². The fourth-order valence-electron chi connectivity index (χ4n) is 2.59. The smallest absolute Gasteiger partial charge is 0.321 e. The summed E-state index contributed by atoms with van der Waals surface area (Å²) in [5, 5.41) is 5.32. The van der Waals surface area contributed by atoms with Crippen LogP contribution in [-0.4, -0.2) is 45.4 Å². The van der Waals surface area contributed by atoms with Crippen molar-refractivity contribution in [2.75, 3.05) is 18.5 Å². The molecule has 0 aromatic heterocycles. The van der Waals surface area contributed by atoms with Crippen molar-refractivity contribution in [2.45, 2.75) is 23.8 Å². The number of carbonyl (C=O) groups is 3. The first-order valence-corrected chi connectivity index (χ1v) is 12.1. The highest BCUT2D eigenvalue weighted by Crippen LogP contribution is 2.25. The van der Waals surface area contributed by atoms with Crippen molar-refractivity contribution in [3.05, 3.63) is 57.5 Å². The van der Waals surface area contributed by atoms with Crippen molar-refractivity contribution in [2.24, 2.45) is 0 Å². The van der Waals surface area contributed by atoms with Crippen molar-refractivity contribution >= 4 is 61.0 Å². The Morgan fingerprint density at radius 3 is 2.53 bits per heavy atom. The molecule has 1 saturated carbocycles. The fourth-order valence-corrected chi connectivity index (χ4v) is 4.59. The summed E-state index contributed by atoms with van der Waals surface area (Å²) in [5.74, 6) is -1.94. The molecule has 170 valence electrons. The van der Waals surface area contributed by atoms with Crippen LogP contribution in [0.15, 0.2) is 51.8 Å². The lowest BCUT2D eigenvalue weighted by Gasteiger charge is -2.12. The lowest BCUT2D eigenvalue weighted by molar-refractivity contribution is -0.146. The van der Waals surface area contributed by atoms with Crippen molar-refractivity contribution in [3.63, 3.8) is 0 Å². The van der Waals surface area contributed by atoms with E-state index in [1.165, 1.54) is 18.2 Å². The van der Waals surface area contributed by atoms with E-state index in [1.54, 1.807) is 24.3 Å². The van der Waals surface area contributed by atoms with Gasteiger partial charge in [-0.05, 0) is 43.2 Å². The van der Waals surface area contributed by atoms with Gasteiger partial charge >= 0.3 is 5.97 Å². The average Bonchev–Trinajstić information content (AvgIpc) is 3.55. The fraction of sp³-hybridized carbons (Fsp3) is 0.250. The van der Waals surface area contributed by atoms with E-state index >= 15 is 0 Å². The van der Waals surface area contributed by atoms with E-state index in [1.807, 2.05) is 0 Å². The molecule has 0 radical (unpaired) electrons. The van der Waals surface area contributed by atoms with Crippen LogP contribution < -0.4 is 15.4 Å². The number of halogens is 2. The van der Waals surface area contributed by atoms with Crippen LogP contribution in [0, 0.1) is 0 Å². The normalized spacial score (nSPS) is 13.3. The first-order chi connectivity index (χ1) is 15.2. The Balaban J connectivity index is 1.50. The molecule has 3 N–H and O–H groups in total. The standard InChI is InChI=1S/C20H19BrClN3O6S/c21-12-5-8-17(15(22)9-12)32(29,30)23-10-19(27)31-11-18(26)25-16-4-2-1-3-14(16)20(28)24-13-6-7-13/h1-5,8-9,13,23H,6-7,10-11H2,(H,24,28)(H,25,26). The van der Waals surface area contributed by atoms with Crippen LogP contribution in [0.5, 0.6) is 0 Å². The van der Waals surface area contributed by atoms with Gasteiger partial charge in [0.2, 0.25) is 10.0 Å². The highest BCUT2D eigenvalue weighted by atomic mass is 79.9. The summed E-state index contributed by atoms with van der Waals surface area (Å²) in [6, 6.07) is 10.8. The number of para-hydroxylation sites is 1. The van der Waals surface area contributed by atoms with Crippen LogP contribution in [0.3, 0.4) is 0 Å². The summed E-state index contributed by atoms with van der Waals surface area (Å²) in [5.41, 5.74) is 0.565. The molecule has 0 atom stereocenters. The molecule has 12 heteroatoms. The Bertz CT molecular complexity index is 1150. The van der Waals surface area contributed by atoms with Gasteiger partial charge in [-0.25, -0.2) is 8.42 Å². The Morgan fingerprint density at radius 1 is 1.12 bits per heavy atom. The molecule has 3 rings (SSSR count). The van der Waals surface area contributed by atoms with Gasteiger partial charge < -0.3 is 15.4 Å². The number of nitrogens with one attached hydrogen (secondary N) is 3. The molecule has 0 spiro atoms. The Kier molecular flexibility index (Phi) is 7.88. The molecule has 0 saturated heterocycles. The molecule has 32 heavy (non-hydrogen) atoms.